The van der Waals surface area contributed by atoms with Crippen molar-refractivity contribution in [3.63, 3.8) is 0 Å². The number of nitrogens with zero attached hydrogens (tertiary/aromatic N) is 3. The minimum Gasteiger partial charge on any atom is -0.448 e. The van der Waals surface area contributed by atoms with E-state index in [0.717, 1.165) is 51.4 Å². The summed E-state index contributed by atoms with van der Waals surface area (Å²) in [7, 11) is 5.11. The molecular formula is C18H34N4O3. The van der Waals surface area contributed by atoms with Crippen molar-refractivity contribution >= 4 is 18.1 Å². The molecule has 1 rings (SSSR count). The highest BCUT2D eigenvalue weighted by Crippen LogP contribution is 2.17. The van der Waals surface area contributed by atoms with E-state index in [9.17, 15) is 9.59 Å². The molecule has 1 saturated carbocycles. The summed E-state index contributed by atoms with van der Waals surface area (Å²) in [5.41, 5.74) is 0. The Bertz CT molecular complexity index is 446. The van der Waals surface area contributed by atoms with Crippen LogP contribution in [0.4, 0.5) is 9.59 Å². The zero-order chi connectivity index (χ0) is 18.7. The Hall–Kier alpha value is -1.79. The summed E-state index contributed by atoms with van der Waals surface area (Å²) in [5.74, 6) is 0.270. The fraction of sp³-hybridized carbons (Fsp3) is 0.833. The summed E-state index contributed by atoms with van der Waals surface area (Å²) in [4.78, 5) is 31.3. The number of nitrogens with one attached hydrogen (secondary N) is 1. The van der Waals surface area contributed by atoms with Crippen LogP contribution in [0.5, 0.6) is 0 Å². The number of unbranched alkanes of at least 4 members (excludes halogenated alkanes) is 3. The maximum Gasteiger partial charge on any atom is 0.436 e. The first-order valence-corrected chi connectivity index (χ1v) is 9.42. The number of hydrogen-bond acceptors (Lipinski definition) is 3. The van der Waals surface area contributed by atoms with Gasteiger partial charge in [-0.05, 0) is 19.3 Å². The summed E-state index contributed by atoms with van der Waals surface area (Å²) < 4.78 is 5.14. The predicted octanol–water partition coefficient (Wildman–Crippen LogP) is 3.60. The zero-order valence-electron chi connectivity index (χ0n) is 16.2. The Morgan fingerprint density at radius 2 is 1.76 bits per heavy atom. The molecule has 0 saturated heterocycles. The van der Waals surface area contributed by atoms with Crippen molar-refractivity contribution in [3.05, 3.63) is 0 Å². The highest BCUT2D eigenvalue weighted by atomic mass is 16.5. The first kappa shape index (κ1) is 21.3. The Morgan fingerprint density at radius 1 is 1.08 bits per heavy atom. The summed E-state index contributed by atoms with van der Waals surface area (Å²) >= 11 is 0. The van der Waals surface area contributed by atoms with Gasteiger partial charge in [-0.1, -0.05) is 45.4 Å². The van der Waals surface area contributed by atoms with Gasteiger partial charge in [0.15, 0.2) is 0 Å². The Kier molecular flexibility index (Phi) is 9.96. The minimum atomic E-state index is -0.655. The Labute approximate surface area is 151 Å². The smallest absolute Gasteiger partial charge is 0.436 e. The zero-order valence-corrected chi connectivity index (χ0v) is 16.2. The lowest BCUT2D eigenvalue weighted by atomic mass is 9.96. The van der Waals surface area contributed by atoms with Crippen LogP contribution < -0.4 is 5.32 Å². The van der Waals surface area contributed by atoms with Gasteiger partial charge in [-0.2, -0.15) is 0 Å². The van der Waals surface area contributed by atoms with Crippen molar-refractivity contribution in [1.82, 2.24) is 15.1 Å². The third-order valence-electron chi connectivity index (χ3n) is 4.35. The molecule has 0 heterocycles. The first-order chi connectivity index (χ1) is 12.0. The normalized spacial score (nSPS) is 15.6. The molecule has 1 N–H and O–H groups in total. The Morgan fingerprint density at radius 3 is 2.36 bits per heavy atom. The van der Waals surface area contributed by atoms with E-state index in [1.54, 1.807) is 26.0 Å². The third-order valence-corrected chi connectivity index (χ3v) is 4.35. The van der Waals surface area contributed by atoms with E-state index in [4.69, 9.17) is 4.74 Å². The average molecular weight is 354 g/mol. The number of amides is 3. The second-order valence-electron chi connectivity index (χ2n) is 6.82. The second kappa shape index (κ2) is 11.7. The van der Waals surface area contributed by atoms with Gasteiger partial charge in [0.05, 0.1) is 6.61 Å². The summed E-state index contributed by atoms with van der Waals surface area (Å²) in [6.45, 7) is 2.49. The lowest BCUT2D eigenvalue weighted by molar-refractivity contribution is 0.154. The molecule has 25 heavy (non-hydrogen) atoms. The van der Waals surface area contributed by atoms with Crippen molar-refractivity contribution in [2.75, 3.05) is 27.7 Å². The van der Waals surface area contributed by atoms with Crippen molar-refractivity contribution in [2.45, 2.75) is 70.8 Å². The van der Waals surface area contributed by atoms with Gasteiger partial charge in [-0.15, -0.1) is 4.99 Å². The van der Waals surface area contributed by atoms with Gasteiger partial charge in [-0.25, -0.2) is 9.59 Å². The summed E-state index contributed by atoms with van der Waals surface area (Å²) in [6.07, 6.45) is 9.03. The molecule has 1 aliphatic carbocycles. The summed E-state index contributed by atoms with van der Waals surface area (Å²) in [5, 5.41) is 3.02. The maximum absolute atomic E-state index is 12.4. The van der Waals surface area contributed by atoms with Gasteiger partial charge >= 0.3 is 12.1 Å². The SMILES string of the molecule is CCCCCCOC(=O)/N=C(/N(C)C)N(C)C(=O)NC1CCCCC1. The van der Waals surface area contributed by atoms with Gasteiger partial charge in [-0.3, -0.25) is 4.90 Å². The van der Waals surface area contributed by atoms with Crippen molar-refractivity contribution in [1.29, 1.82) is 0 Å². The molecule has 0 spiro atoms. The third kappa shape index (κ3) is 8.23. The fourth-order valence-electron chi connectivity index (χ4n) is 2.89. The van der Waals surface area contributed by atoms with Crippen LogP contribution in [0, 0.1) is 0 Å². The molecule has 3 amide bonds. The van der Waals surface area contributed by atoms with E-state index < -0.39 is 6.09 Å². The molecule has 0 aromatic carbocycles. The predicted molar refractivity (Wildman–Crippen MR) is 99.8 cm³/mol. The Balaban J connectivity index is 2.54. The molecule has 0 aromatic rings. The van der Waals surface area contributed by atoms with E-state index in [-0.39, 0.29) is 18.0 Å². The van der Waals surface area contributed by atoms with Crippen molar-refractivity contribution in [3.8, 4) is 0 Å². The van der Waals surface area contributed by atoms with Crippen molar-refractivity contribution in [2.24, 2.45) is 4.99 Å². The van der Waals surface area contributed by atoms with Crippen LogP contribution in [0.2, 0.25) is 0 Å². The number of carbonyl (C=O) groups is 2. The van der Waals surface area contributed by atoms with Crippen molar-refractivity contribution < 1.29 is 14.3 Å². The lowest BCUT2D eigenvalue weighted by Crippen LogP contribution is -2.50. The quantitative estimate of drug-likeness (QED) is 0.449. The van der Waals surface area contributed by atoms with Crippen LogP contribution in [0.15, 0.2) is 4.99 Å². The minimum absolute atomic E-state index is 0.206. The van der Waals surface area contributed by atoms with Crippen LogP contribution in [-0.2, 0) is 4.74 Å². The van der Waals surface area contributed by atoms with E-state index in [2.05, 4.69) is 17.2 Å². The van der Waals surface area contributed by atoms with E-state index in [1.165, 1.54) is 11.3 Å². The molecule has 1 aliphatic rings. The highest BCUT2D eigenvalue weighted by molar-refractivity contribution is 5.99. The van der Waals surface area contributed by atoms with Crippen LogP contribution in [0.1, 0.15) is 64.7 Å². The number of guanidine groups is 1. The monoisotopic (exact) mass is 354 g/mol. The van der Waals surface area contributed by atoms with E-state index in [1.807, 2.05) is 0 Å². The standard InChI is InChI=1S/C18H34N4O3/c1-5-6-7-11-14-25-18(24)20-16(21(2)3)22(4)17(23)19-15-12-9-8-10-13-15/h15H,5-14H2,1-4H3,(H,19,23)/b20-16-. The topological polar surface area (TPSA) is 74.2 Å². The number of aliphatic imine (C=N–C) groups is 1. The molecule has 7 heteroatoms. The van der Waals surface area contributed by atoms with Crippen LogP contribution in [0.3, 0.4) is 0 Å². The number of urea groups is 1. The van der Waals surface area contributed by atoms with Crippen LogP contribution >= 0.6 is 0 Å². The molecule has 0 bridgehead atoms. The molecular weight excluding hydrogens is 320 g/mol. The number of hydrogen-bond donors (Lipinski definition) is 1. The number of rotatable bonds is 6. The van der Waals surface area contributed by atoms with Gasteiger partial charge in [0, 0.05) is 27.2 Å². The molecule has 0 unspecified atom stereocenters. The molecule has 0 atom stereocenters. The average Bonchev–Trinajstić information content (AvgIpc) is 2.59. The fourth-order valence-corrected chi connectivity index (χ4v) is 2.89. The largest absolute Gasteiger partial charge is 0.448 e. The van der Waals surface area contributed by atoms with Gasteiger partial charge in [0.2, 0.25) is 5.96 Å². The van der Waals surface area contributed by atoms with Crippen LogP contribution in [0.25, 0.3) is 0 Å². The second-order valence-corrected chi connectivity index (χ2v) is 6.82. The van der Waals surface area contributed by atoms with Crippen LogP contribution in [-0.4, -0.2) is 61.7 Å². The highest BCUT2D eigenvalue weighted by Gasteiger charge is 2.22. The number of carbonyl (C=O) groups excluding carboxylic acids is 2. The van der Waals surface area contributed by atoms with Gasteiger partial charge in [0.1, 0.15) is 0 Å². The lowest BCUT2D eigenvalue weighted by Gasteiger charge is -2.28. The molecule has 0 radical (unpaired) electrons. The first-order valence-electron chi connectivity index (χ1n) is 9.42. The van der Waals surface area contributed by atoms with Gasteiger partial charge < -0.3 is 15.0 Å². The molecule has 144 valence electrons. The van der Waals surface area contributed by atoms with E-state index in [0.29, 0.717) is 6.61 Å². The number of ether oxygens (including phenoxy) is 1. The molecule has 1 fully saturated rings. The molecule has 7 nitrogen and oxygen atoms in total. The van der Waals surface area contributed by atoms with Gasteiger partial charge in [0.25, 0.3) is 0 Å². The maximum atomic E-state index is 12.4. The van der Waals surface area contributed by atoms with E-state index >= 15 is 0 Å². The summed E-state index contributed by atoms with van der Waals surface area (Å²) in [6, 6.07) is -0.0345. The molecule has 0 aromatic heterocycles. The molecule has 0 aliphatic heterocycles.